The first-order chi connectivity index (χ1) is 10.9. The molecule has 0 saturated heterocycles. The lowest BCUT2D eigenvalue weighted by Gasteiger charge is -2.12. The number of carbonyl (C=O) groups excluding carboxylic acids is 1. The molecular formula is C15H10BrFN2O3S. The predicted octanol–water partition coefficient (Wildman–Crippen LogP) is 3.41. The number of amides is 1. The van der Waals surface area contributed by atoms with Gasteiger partial charge in [-0.1, -0.05) is 28.1 Å². The van der Waals surface area contributed by atoms with Crippen molar-refractivity contribution >= 4 is 50.8 Å². The smallest absolute Gasteiger partial charge is 0.337 e. The number of rotatable bonds is 3. The van der Waals surface area contributed by atoms with Gasteiger partial charge in [0.15, 0.2) is 5.11 Å². The van der Waals surface area contributed by atoms with E-state index in [0.717, 1.165) is 6.07 Å². The first-order valence-corrected chi connectivity index (χ1v) is 7.48. The van der Waals surface area contributed by atoms with Crippen LogP contribution in [0.3, 0.4) is 0 Å². The van der Waals surface area contributed by atoms with E-state index in [0.29, 0.717) is 4.47 Å². The van der Waals surface area contributed by atoms with Crippen LogP contribution in [-0.4, -0.2) is 22.1 Å². The third-order valence-electron chi connectivity index (χ3n) is 2.81. The van der Waals surface area contributed by atoms with Crippen LogP contribution in [0.5, 0.6) is 0 Å². The van der Waals surface area contributed by atoms with Gasteiger partial charge in [-0.25, -0.2) is 9.18 Å². The number of benzene rings is 2. The van der Waals surface area contributed by atoms with Gasteiger partial charge in [-0.05, 0) is 42.5 Å². The Bertz CT molecular complexity index is 798. The van der Waals surface area contributed by atoms with Gasteiger partial charge in [0.2, 0.25) is 0 Å². The summed E-state index contributed by atoms with van der Waals surface area (Å²) in [4.78, 5) is 23.1. The average molecular weight is 397 g/mol. The number of hydrogen-bond acceptors (Lipinski definition) is 3. The lowest BCUT2D eigenvalue weighted by molar-refractivity contribution is 0.0697. The SMILES string of the molecule is O=C(NC(=S)Nc1ccc(Br)cc1C(=O)O)c1ccccc1F. The summed E-state index contributed by atoms with van der Waals surface area (Å²) in [6.45, 7) is 0. The molecule has 0 spiro atoms. The fourth-order valence-corrected chi connectivity index (χ4v) is 2.34. The van der Waals surface area contributed by atoms with E-state index in [1.165, 1.54) is 30.3 Å². The third kappa shape index (κ3) is 4.33. The Morgan fingerprint density at radius 1 is 1.13 bits per heavy atom. The maximum Gasteiger partial charge on any atom is 0.337 e. The van der Waals surface area contributed by atoms with Crippen molar-refractivity contribution in [1.29, 1.82) is 0 Å². The zero-order valence-electron chi connectivity index (χ0n) is 11.5. The number of nitrogens with one attached hydrogen (secondary N) is 2. The quantitative estimate of drug-likeness (QED) is 0.692. The van der Waals surface area contributed by atoms with Gasteiger partial charge < -0.3 is 10.4 Å². The molecule has 0 heterocycles. The molecule has 118 valence electrons. The Hall–Kier alpha value is -2.32. The minimum Gasteiger partial charge on any atom is -0.478 e. The molecule has 2 aromatic rings. The number of carboxylic acid groups (broad SMARTS) is 1. The van der Waals surface area contributed by atoms with Gasteiger partial charge in [0, 0.05) is 4.47 Å². The van der Waals surface area contributed by atoms with E-state index in [1.807, 2.05) is 0 Å². The van der Waals surface area contributed by atoms with Crippen LogP contribution in [0.25, 0.3) is 0 Å². The summed E-state index contributed by atoms with van der Waals surface area (Å²) in [6, 6.07) is 9.96. The van der Waals surface area contributed by atoms with Crippen LogP contribution >= 0.6 is 28.1 Å². The van der Waals surface area contributed by atoms with Gasteiger partial charge in [0.1, 0.15) is 5.82 Å². The van der Waals surface area contributed by atoms with E-state index in [4.69, 9.17) is 17.3 Å². The maximum atomic E-state index is 13.5. The molecule has 0 bridgehead atoms. The van der Waals surface area contributed by atoms with Crippen LogP contribution in [-0.2, 0) is 0 Å². The highest BCUT2D eigenvalue weighted by Gasteiger charge is 2.15. The second-order valence-corrected chi connectivity index (χ2v) is 5.71. The number of carboxylic acids is 1. The van der Waals surface area contributed by atoms with Crippen LogP contribution in [0.15, 0.2) is 46.9 Å². The summed E-state index contributed by atoms with van der Waals surface area (Å²) in [5.41, 5.74) is 0.0207. The molecule has 2 rings (SSSR count). The molecule has 23 heavy (non-hydrogen) atoms. The Morgan fingerprint density at radius 3 is 2.48 bits per heavy atom. The number of carbonyl (C=O) groups is 2. The van der Waals surface area contributed by atoms with Crippen molar-refractivity contribution in [2.24, 2.45) is 0 Å². The largest absolute Gasteiger partial charge is 0.478 e. The van der Waals surface area contributed by atoms with Gasteiger partial charge in [-0.2, -0.15) is 0 Å². The Kier molecular flexibility index (Phi) is 5.41. The van der Waals surface area contributed by atoms with Gasteiger partial charge in [0.25, 0.3) is 5.91 Å². The molecule has 1 amide bonds. The molecule has 5 nitrogen and oxygen atoms in total. The molecule has 8 heteroatoms. The number of thiocarbonyl (C=S) groups is 1. The highest BCUT2D eigenvalue weighted by Crippen LogP contribution is 2.21. The van der Waals surface area contributed by atoms with E-state index in [9.17, 15) is 14.0 Å². The predicted molar refractivity (Wildman–Crippen MR) is 91.2 cm³/mol. The van der Waals surface area contributed by atoms with E-state index in [2.05, 4.69) is 26.6 Å². The fraction of sp³-hybridized carbons (Fsp3) is 0. The number of hydrogen-bond donors (Lipinski definition) is 3. The monoisotopic (exact) mass is 396 g/mol. The van der Waals surface area contributed by atoms with E-state index in [1.54, 1.807) is 6.07 Å². The fourth-order valence-electron chi connectivity index (χ4n) is 1.77. The van der Waals surface area contributed by atoms with Crippen molar-refractivity contribution in [3.8, 4) is 0 Å². The molecule has 2 aromatic carbocycles. The number of halogens is 2. The van der Waals surface area contributed by atoms with Crippen LogP contribution < -0.4 is 10.6 Å². The number of anilines is 1. The molecule has 0 radical (unpaired) electrons. The second-order valence-electron chi connectivity index (χ2n) is 4.38. The molecule has 0 unspecified atom stereocenters. The summed E-state index contributed by atoms with van der Waals surface area (Å²) in [5, 5.41) is 13.9. The Balaban J connectivity index is 2.13. The van der Waals surface area contributed by atoms with Crippen LogP contribution in [0.4, 0.5) is 10.1 Å². The molecule has 0 aromatic heterocycles. The average Bonchev–Trinajstić information content (AvgIpc) is 2.49. The maximum absolute atomic E-state index is 13.5. The summed E-state index contributed by atoms with van der Waals surface area (Å²) in [6.07, 6.45) is 0. The van der Waals surface area contributed by atoms with Crippen molar-refractivity contribution < 1.29 is 19.1 Å². The normalized spacial score (nSPS) is 10.0. The first-order valence-electron chi connectivity index (χ1n) is 6.28. The van der Waals surface area contributed by atoms with E-state index >= 15 is 0 Å². The molecule has 0 saturated carbocycles. The van der Waals surface area contributed by atoms with Crippen molar-refractivity contribution in [3.63, 3.8) is 0 Å². The zero-order valence-corrected chi connectivity index (χ0v) is 13.9. The van der Waals surface area contributed by atoms with Crippen molar-refractivity contribution in [3.05, 3.63) is 63.9 Å². The van der Waals surface area contributed by atoms with Crippen molar-refractivity contribution in [2.75, 3.05) is 5.32 Å². The molecule has 0 aliphatic rings. The highest BCUT2D eigenvalue weighted by atomic mass is 79.9. The summed E-state index contributed by atoms with van der Waals surface area (Å²) < 4.78 is 14.1. The Morgan fingerprint density at radius 2 is 1.83 bits per heavy atom. The molecule has 3 N–H and O–H groups in total. The van der Waals surface area contributed by atoms with E-state index < -0.39 is 17.7 Å². The number of aromatic carboxylic acids is 1. The molecule has 0 aliphatic heterocycles. The van der Waals surface area contributed by atoms with Gasteiger partial charge in [0.05, 0.1) is 16.8 Å². The lowest BCUT2D eigenvalue weighted by atomic mass is 10.2. The topological polar surface area (TPSA) is 78.4 Å². The minimum absolute atomic E-state index is 0.0261. The van der Waals surface area contributed by atoms with E-state index in [-0.39, 0.29) is 21.9 Å². The van der Waals surface area contributed by atoms with Gasteiger partial charge >= 0.3 is 5.97 Å². The third-order valence-corrected chi connectivity index (χ3v) is 3.50. The zero-order chi connectivity index (χ0) is 17.0. The van der Waals surface area contributed by atoms with Crippen molar-refractivity contribution in [2.45, 2.75) is 0 Å². The van der Waals surface area contributed by atoms with Crippen LogP contribution in [0, 0.1) is 5.82 Å². The first kappa shape index (κ1) is 17.0. The summed E-state index contributed by atoms with van der Waals surface area (Å²) in [7, 11) is 0. The molecule has 0 atom stereocenters. The second kappa shape index (κ2) is 7.30. The summed E-state index contributed by atoms with van der Waals surface area (Å²) in [5.74, 6) is -2.56. The molecule has 0 aliphatic carbocycles. The van der Waals surface area contributed by atoms with Crippen LogP contribution in [0.2, 0.25) is 0 Å². The molecule has 0 fully saturated rings. The summed E-state index contributed by atoms with van der Waals surface area (Å²) >= 11 is 8.14. The highest BCUT2D eigenvalue weighted by molar-refractivity contribution is 9.10. The Labute approximate surface area is 144 Å². The molecular weight excluding hydrogens is 387 g/mol. The standard InChI is InChI=1S/C15H10BrFN2O3S/c16-8-5-6-12(10(7-8)14(21)22)18-15(23)19-13(20)9-3-1-2-4-11(9)17/h1-7H,(H,21,22)(H2,18,19,20,23). The van der Waals surface area contributed by atoms with Gasteiger partial charge in [-0.3, -0.25) is 10.1 Å². The van der Waals surface area contributed by atoms with Gasteiger partial charge in [-0.15, -0.1) is 0 Å². The van der Waals surface area contributed by atoms with Crippen LogP contribution in [0.1, 0.15) is 20.7 Å². The van der Waals surface area contributed by atoms with Crippen molar-refractivity contribution in [1.82, 2.24) is 5.32 Å². The lowest BCUT2D eigenvalue weighted by Crippen LogP contribution is -2.35. The minimum atomic E-state index is -1.16.